The lowest BCUT2D eigenvalue weighted by Gasteiger charge is -2.16. The van der Waals surface area contributed by atoms with Gasteiger partial charge in [0.25, 0.3) is 0 Å². The molecule has 1 amide bonds. The summed E-state index contributed by atoms with van der Waals surface area (Å²) in [5.74, 6) is 1.38. The quantitative estimate of drug-likeness (QED) is 0.861. The Morgan fingerprint density at radius 3 is 2.96 bits per heavy atom. The van der Waals surface area contributed by atoms with Crippen molar-refractivity contribution in [3.8, 4) is 0 Å². The maximum atomic E-state index is 12.6. The van der Waals surface area contributed by atoms with Gasteiger partial charge in [0.05, 0.1) is 24.8 Å². The smallest absolute Gasteiger partial charge is 0.246 e. The SMILES string of the molecule is CC(C)n1cc([C@H]2OCC[C@@H]2C(=O)NCc2nc(C3CC3)no2)cn1. The van der Waals surface area contributed by atoms with Gasteiger partial charge in [-0.25, -0.2) is 0 Å². The molecule has 1 saturated heterocycles. The van der Waals surface area contributed by atoms with E-state index >= 15 is 0 Å². The van der Waals surface area contributed by atoms with Gasteiger partial charge in [0, 0.05) is 30.3 Å². The minimum atomic E-state index is -0.253. The third kappa shape index (κ3) is 3.44. The average Bonchev–Trinajstić information content (AvgIpc) is 3.06. The first kappa shape index (κ1) is 16.3. The normalized spacial score (nSPS) is 23.3. The molecule has 1 aliphatic carbocycles. The van der Waals surface area contributed by atoms with Crippen molar-refractivity contribution in [2.24, 2.45) is 5.92 Å². The van der Waals surface area contributed by atoms with E-state index in [1.165, 1.54) is 0 Å². The largest absolute Gasteiger partial charge is 0.373 e. The molecular weight excluding hydrogens is 322 g/mol. The number of hydrogen-bond donors (Lipinski definition) is 1. The molecule has 0 unspecified atom stereocenters. The lowest BCUT2D eigenvalue weighted by molar-refractivity contribution is -0.127. The van der Waals surface area contributed by atoms with E-state index in [-0.39, 0.29) is 30.5 Å². The number of aromatic nitrogens is 4. The summed E-state index contributed by atoms with van der Waals surface area (Å²) in [5, 5.41) is 11.2. The van der Waals surface area contributed by atoms with Crippen molar-refractivity contribution >= 4 is 5.91 Å². The van der Waals surface area contributed by atoms with Crippen LogP contribution in [-0.4, -0.2) is 32.4 Å². The highest BCUT2D eigenvalue weighted by molar-refractivity contribution is 5.79. The summed E-state index contributed by atoms with van der Waals surface area (Å²) in [6.07, 6.45) is 6.43. The highest BCUT2D eigenvalue weighted by Crippen LogP contribution is 2.38. The maximum absolute atomic E-state index is 12.6. The number of carbonyl (C=O) groups excluding carboxylic acids is 1. The molecule has 2 aliphatic rings. The van der Waals surface area contributed by atoms with E-state index < -0.39 is 0 Å². The molecule has 3 heterocycles. The molecule has 2 aromatic heterocycles. The molecule has 1 N–H and O–H groups in total. The zero-order chi connectivity index (χ0) is 17.4. The molecule has 25 heavy (non-hydrogen) atoms. The summed E-state index contributed by atoms with van der Waals surface area (Å²) < 4.78 is 12.9. The first-order chi connectivity index (χ1) is 12.1. The molecule has 2 aromatic rings. The molecule has 0 spiro atoms. The molecule has 8 heteroatoms. The zero-order valence-corrected chi connectivity index (χ0v) is 14.5. The second kappa shape index (κ2) is 6.59. The van der Waals surface area contributed by atoms with E-state index in [1.807, 2.05) is 10.9 Å². The standard InChI is InChI=1S/C17H23N5O3/c1-10(2)22-9-12(7-19-22)15-13(5-6-24-15)17(23)18-8-14-20-16(21-25-14)11-3-4-11/h7,9-11,13,15H,3-6,8H2,1-2H3,(H,18,23)/t13-,15+/m0/s1. The van der Waals surface area contributed by atoms with Gasteiger partial charge >= 0.3 is 0 Å². The summed E-state index contributed by atoms with van der Waals surface area (Å²) >= 11 is 0. The van der Waals surface area contributed by atoms with Gasteiger partial charge in [-0.3, -0.25) is 9.48 Å². The lowest BCUT2D eigenvalue weighted by Crippen LogP contribution is -2.32. The van der Waals surface area contributed by atoms with Gasteiger partial charge in [0.15, 0.2) is 5.82 Å². The fraction of sp³-hybridized carbons (Fsp3) is 0.647. The summed E-state index contributed by atoms with van der Waals surface area (Å²) in [6, 6.07) is 0.278. The van der Waals surface area contributed by atoms with Crippen LogP contribution in [0.25, 0.3) is 0 Å². The Labute approximate surface area is 145 Å². The molecule has 4 rings (SSSR count). The Morgan fingerprint density at radius 1 is 1.40 bits per heavy atom. The summed E-state index contributed by atoms with van der Waals surface area (Å²) in [6.45, 7) is 4.96. The fourth-order valence-electron chi connectivity index (χ4n) is 3.11. The highest BCUT2D eigenvalue weighted by atomic mass is 16.5. The number of ether oxygens (including phenoxy) is 1. The van der Waals surface area contributed by atoms with Gasteiger partial charge < -0.3 is 14.6 Å². The van der Waals surface area contributed by atoms with Crippen molar-refractivity contribution < 1.29 is 14.1 Å². The third-order valence-corrected chi connectivity index (χ3v) is 4.75. The third-order valence-electron chi connectivity index (χ3n) is 4.75. The van der Waals surface area contributed by atoms with Gasteiger partial charge in [0.1, 0.15) is 0 Å². The maximum Gasteiger partial charge on any atom is 0.246 e. The number of hydrogen-bond acceptors (Lipinski definition) is 6. The van der Waals surface area contributed by atoms with Crippen LogP contribution in [0.2, 0.25) is 0 Å². The van der Waals surface area contributed by atoms with E-state index in [1.54, 1.807) is 6.20 Å². The first-order valence-electron chi connectivity index (χ1n) is 8.87. The molecule has 0 aromatic carbocycles. The number of rotatable bonds is 6. The van der Waals surface area contributed by atoms with Crippen molar-refractivity contribution in [3.05, 3.63) is 29.7 Å². The van der Waals surface area contributed by atoms with Crippen LogP contribution in [0.15, 0.2) is 16.9 Å². The van der Waals surface area contributed by atoms with Crippen LogP contribution in [0.1, 0.15) is 68.5 Å². The topological polar surface area (TPSA) is 95.1 Å². The van der Waals surface area contributed by atoms with E-state index in [9.17, 15) is 4.79 Å². The van der Waals surface area contributed by atoms with Gasteiger partial charge in [-0.1, -0.05) is 5.16 Å². The Balaban J connectivity index is 1.37. The van der Waals surface area contributed by atoms with E-state index in [4.69, 9.17) is 9.26 Å². The van der Waals surface area contributed by atoms with Crippen LogP contribution in [0.3, 0.4) is 0 Å². The molecule has 1 aliphatic heterocycles. The first-order valence-corrected chi connectivity index (χ1v) is 8.87. The van der Waals surface area contributed by atoms with Gasteiger partial charge in [0.2, 0.25) is 11.8 Å². The Bertz CT molecular complexity index is 749. The number of amides is 1. The predicted molar refractivity (Wildman–Crippen MR) is 87.5 cm³/mol. The Kier molecular flexibility index (Phi) is 4.29. The van der Waals surface area contributed by atoms with Gasteiger partial charge in [-0.2, -0.15) is 10.1 Å². The lowest BCUT2D eigenvalue weighted by atomic mass is 9.96. The Morgan fingerprint density at radius 2 is 2.24 bits per heavy atom. The van der Waals surface area contributed by atoms with Gasteiger partial charge in [-0.05, 0) is 33.1 Å². The van der Waals surface area contributed by atoms with Crippen molar-refractivity contribution in [1.29, 1.82) is 0 Å². The van der Waals surface area contributed by atoms with Crippen LogP contribution in [0.5, 0.6) is 0 Å². The molecule has 0 radical (unpaired) electrons. The zero-order valence-electron chi connectivity index (χ0n) is 14.5. The molecule has 2 fully saturated rings. The molecule has 8 nitrogen and oxygen atoms in total. The molecular formula is C17H23N5O3. The van der Waals surface area contributed by atoms with Crippen LogP contribution in [0, 0.1) is 5.92 Å². The fourth-order valence-corrected chi connectivity index (χ4v) is 3.11. The van der Waals surface area contributed by atoms with E-state index in [0.29, 0.717) is 24.8 Å². The highest BCUT2D eigenvalue weighted by Gasteiger charge is 2.36. The average molecular weight is 345 g/mol. The van der Waals surface area contributed by atoms with Gasteiger partial charge in [-0.15, -0.1) is 0 Å². The van der Waals surface area contributed by atoms with Crippen molar-refractivity contribution in [2.75, 3.05) is 6.61 Å². The molecule has 1 saturated carbocycles. The van der Waals surface area contributed by atoms with Crippen LogP contribution in [-0.2, 0) is 16.1 Å². The Hall–Kier alpha value is -2.22. The second-order valence-electron chi connectivity index (χ2n) is 7.07. The minimum Gasteiger partial charge on any atom is -0.373 e. The predicted octanol–water partition coefficient (Wildman–Crippen LogP) is 2.12. The second-order valence-corrected chi connectivity index (χ2v) is 7.07. The van der Waals surface area contributed by atoms with E-state index in [0.717, 1.165) is 24.2 Å². The van der Waals surface area contributed by atoms with Crippen molar-refractivity contribution in [3.63, 3.8) is 0 Å². The monoisotopic (exact) mass is 345 g/mol. The number of nitrogens with one attached hydrogen (secondary N) is 1. The van der Waals surface area contributed by atoms with Crippen LogP contribution in [0.4, 0.5) is 0 Å². The number of nitrogens with zero attached hydrogens (tertiary/aromatic N) is 4. The van der Waals surface area contributed by atoms with Crippen LogP contribution >= 0.6 is 0 Å². The van der Waals surface area contributed by atoms with Crippen molar-refractivity contribution in [2.45, 2.75) is 57.7 Å². The molecule has 134 valence electrons. The number of carbonyl (C=O) groups is 1. The molecule has 2 atom stereocenters. The summed E-state index contributed by atoms with van der Waals surface area (Å²) in [4.78, 5) is 16.9. The summed E-state index contributed by atoms with van der Waals surface area (Å²) in [7, 11) is 0. The summed E-state index contributed by atoms with van der Waals surface area (Å²) in [5.41, 5.74) is 0.945. The molecule has 0 bridgehead atoms. The van der Waals surface area contributed by atoms with Crippen LogP contribution < -0.4 is 5.32 Å². The van der Waals surface area contributed by atoms with Crippen molar-refractivity contribution in [1.82, 2.24) is 25.2 Å². The minimum absolute atomic E-state index is 0.0500. The van der Waals surface area contributed by atoms with E-state index in [2.05, 4.69) is 34.4 Å².